The number of fused-ring (bicyclic) bond motifs is 1. The molecule has 2 aromatic heterocycles. The number of hydrogen-bond acceptors (Lipinski definition) is 6. The Morgan fingerprint density at radius 2 is 1.81 bits per heavy atom. The Morgan fingerprint density at radius 3 is 2.67 bits per heavy atom. The zero-order valence-corrected chi connectivity index (χ0v) is 16.0. The molecule has 0 spiro atoms. The molecule has 27 heavy (non-hydrogen) atoms. The number of para-hydroxylation sites is 1. The van der Waals surface area contributed by atoms with Crippen LogP contribution in [0.3, 0.4) is 0 Å². The molecule has 0 fully saturated rings. The van der Waals surface area contributed by atoms with Crippen LogP contribution in [-0.4, -0.2) is 25.1 Å². The van der Waals surface area contributed by atoms with E-state index in [1.807, 2.05) is 47.8 Å². The molecule has 0 unspecified atom stereocenters. The molecular weight excluding hydrogens is 382 g/mol. The zero-order chi connectivity index (χ0) is 18.7. The van der Waals surface area contributed by atoms with Crippen molar-refractivity contribution < 1.29 is 12.9 Å². The summed E-state index contributed by atoms with van der Waals surface area (Å²) in [6, 6.07) is 17.1. The van der Waals surface area contributed by atoms with Crippen molar-refractivity contribution in [1.82, 2.24) is 14.9 Å². The first-order valence-corrected chi connectivity index (χ1v) is 10.9. The maximum absolute atomic E-state index is 12.3. The molecule has 1 N–H and O–H groups in total. The van der Waals surface area contributed by atoms with Crippen LogP contribution in [-0.2, 0) is 22.2 Å². The van der Waals surface area contributed by atoms with Crippen LogP contribution in [0.25, 0.3) is 21.5 Å². The molecule has 2 heterocycles. The fourth-order valence-electron chi connectivity index (χ4n) is 2.74. The van der Waals surface area contributed by atoms with E-state index in [-0.39, 0.29) is 12.3 Å². The zero-order valence-electron chi connectivity index (χ0n) is 14.3. The first-order chi connectivity index (χ1) is 13.1. The summed E-state index contributed by atoms with van der Waals surface area (Å²) in [6.45, 7) is 0.288. The average molecular weight is 399 g/mol. The van der Waals surface area contributed by atoms with Gasteiger partial charge in [0.15, 0.2) is 5.58 Å². The number of sulfonamides is 1. The Balaban J connectivity index is 1.36. The molecule has 4 rings (SSSR count). The van der Waals surface area contributed by atoms with E-state index in [9.17, 15) is 8.42 Å². The first kappa shape index (κ1) is 17.8. The third-order valence-electron chi connectivity index (χ3n) is 4.05. The maximum atomic E-state index is 12.3. The number of aromatic nitrogens is 2. The van der Waals surface area contributed by atoms with Crippen LogP contribution in [0.2, 0.25) is 0 Å². The predicted molar refractivity (Wildman–Crippen MR) is 106 cm³/mol. The lowest BCUT2D eigenvalue weighted by Crippen LogP contribution is -2.27. The van der Waals surface area contributed by atoms with Crippen LogP contribution in [0.5, 0.6) is 0 Å². The SMILES string of the molecule is O=S(=O)(Cc1noc2ccccc12)NCCc1csc(-c2ccccc2)n1. The molecule has 0 saturated carbocycles. The monoisotopic (exact) mass is 399 g/mol. The number of nitrogens with one attached hydrogen (secondary N) is 1. The predicted octanol–water partition coefficient (Wildman–Crippen LogP) is 3.61. The summed E-state index contributed by atoms with van der Waals surface area (Å²) in [5.74, 6) is -0.212. The molecule has 2 aromatic carbocycles. The smallest absolute Gasteiger partial charge is 0.217 e. The van der Waals surface area contributed by atoms with Gasteiger partial charge >= 0.3 is 0 Å². The van der Waals surface area contributed by atoms with Gasteiger partial charge in [-0.05, 0) is 12.1 Å². The second-order valence-corrected chi connectivity index (χ2v) is 8.70. The van der Waals surface area contributed by atoms with Crippen LogP contribution in [0.1, 0.15) is 11.4 Å². The van der Waals surface area contributed by atoms with Crippen molar-refractivity contribution in [3.8, 4) is 10.6 Å². The van der Waals surface area contributed by atoms with E-state index >= 15 is 0 Å². The minimum Gasteiger partial charge on any atom is -0.356 e. The van der Waals surface area contributed by atoms with Crippen molar-refractivity contribution in [1.29, 1.82) is 0 Å². The summed E-state index contributed by atoms with van der Waals surface area (Å²) >= 11 is 1.56. The summed E-state index contributed by atoms with van der Waals surface area (Å²) in [6.07, 6.45) is 0.530. The first-order valence-electron chi connectivity index (χ1n) is 8.41. The van der Waals surface area contributed by atoms with Gasteiger partial charge in [-0.3, -0.25) is 0 Å². The van der Waals surface area contributed by atoms with E-state index in [1.165, 1.54) is 0 Å². The van der Waals surface area contributed by atoms with Crippen LogP contribution < -0.4 is 4.72 Å². The molecule has 4 aromatic rings. The van der Waals surface area contributed by atoms with Crippen molar-refractivity contribution >= 4 is 32.3 Å². The van der Waals surface area contributed by atoms with E-state index < -0.39 is 10.0 Å². The number of thiazole rings is 1. The molecule has 6 nitrogen and oxygen atoms in total. The largest absolute Gasteiger partial charge is 0.356 e. The van der Waals surface area contributed by atoms with Crippen molar-refractivity contribution in [3.63, 3.8) is 0 Å². The summed E-state index contributed by atoms with van der Waals surface area (Å²) in [5, 5.41) is 7.49. The number of rotatable bonds is 7. The third-order valence-corrected chi connectivity index (χ3v) is 6.29. The van der Waals surface area contributed by atoms with E-state index in [2.05, 4.69) is 14.9 Å². The lowest BCUT2D eigenvalue weighted by molar-refractivity contribution is 0.448. The topological polar surface area (TPSA) is 85.1 Å². The highest BCUT2D eigenvalue weighted by Crippen LogP contribution is 2.23. The molecule has 0 atom stereocenters. The highest BCUT2D eigenvalue weighted by molar-refractivity contribution is 7.88. The molecule has 0 saturated heterocycles. The summed E-state index contributed by atoms with van der Waals surface area (Å²) in [7, 11) is -3.51. The van der Waals surface area contributed by atoms with Crippen molar-refractivity contribution in [2.45, 2.75) is 12.2 Å². The van der Waals surface area contributed by atoms with Crippen molar-refractivity contribution in [2.75, 3.05) is 6.54 Å². The van der Waals surface area contributed by atoms with Gasteiger partial charge in [0.05, 0.1) is 5.69 Å². The molecular formula is C19H17N3O3S2. The van der Waals surface area contributed by atoms with Crippen molar-refractivity contribution in [2.24, 2.45) is 0 Å². The van der Waals surface area contributed by atoms with Crippen LogP contribution >= 0.6 is 11.3 Å². The van der Waals surface area contributed by atoms with Gasteiger partial charge in [0.1, 0.15) is 16.5 Å². The lowest BCUT2D eigenvalue weighted by Gasteiger charge is -2.04. The fourth-order valence-corrected chi connectivity index (χ4v) is 4.69. The summed E-state index contributed by atoms with van der Waals surface area (Å²) < 4.78 is 32.5. The standard InChI is InChI=1S/C19H17N3O3S2/c23-27(24,13-17-16-8-4-5-9-18(16)25-22-17)20-11-10-15-12-26-19(21-15)14-6-2-1-3-7-14/h1-9,12,20H,10-11,13H2. The number of benzene rings is 2. The van der Waals surface area contributed by atoms with Gasteiger partial charge in [-0.25, -0.2) is 18.1 Å². The average Bonchev–Trinajstić information content (AvgIpc) is 3.30. The summed E-state index contributed by atoms with van der Waals surface area (Å²) in [4.78, 5) is 4.57. The van der Waals surface area contributed by atoms with E-state index in [1.54, 1.807) is 23.5 Å². The van der Waals surface area contributed by atoms with E-state index in [0.29, 0.717) is 17.7 Å². The van der Waals surface area contributed by atoms with Crippen LogP contribution in [0.4, 0.5) is 0 Å². The highest BCUT2D eigenvalue weighted by Gasteiger charge is 2.17. The summed E-state index contributed by atoms with van der Waals surface area (Å²) in [5.41, 5.74) is 2.93. The Labute approximate surface area is 160 Å². The Bertz CT molecular complexity index is 1150. The molecule has 0 aliphatic heterocycles. The lowest BCUT2D eigenvalue weighted by atomic mass is 10.2. The second-order valence-electron chi connectivity index (χ2n) is 6.04. The van der Waals surface area contributed by atoms with Gasteiger partial charge in [-0.2, -0.15) is 0 Å². The molecule has 0 radical (unpaired) electrons. The van der Waals surface area contributed by atoms with Crippen LogP contribution in [0, 0.1) is 0 Å². The number of hydrogen-bond donors (Lipinski definition) is 1. The van der Waals surface area contributed by atoms with Crippen molar-refractivity contribution in [3.05, 3.63) is 71.4 Å². The highest BCUT2D eigenvalue weighted by atomic mass is 32.2. The second kappa shape index (κ2) is 7.59. The Morgan fingerprint density at radius 1 is 1.04 bits per heavy atom. The van der Waals surface area contributed by atoms with E-state index in [0.717, 1.165) is 21.7 Å². The van der Waals surface area contributed by atoms with Gasteiger partial charge < -0.3 is 4.52 Å². The molecule has 0 bridgehead atoms. The normalized spacial score (nSPS) is 11.9. The quantitative estimate of drug-likeness (QED) is 0.513. The maximum Gasteiger partial charge on any atom is 0.217 e. The molecule has 8 heteroatoms. The third kappa shape index (κ3) is 4.24. The molecule has 138 valence electrons. The molecule has 0 amide bonds. The van der Waals surface area contributed by atoms with Gasteiger partial charge in [0.25, 0.3) is 0 Å². The van der Waals surface area contributed by atoms with Gasteiger partial charge in [-0.15, -0.1) is 11.3 Å². The Hall–Kier alpha value is -2.55. The van der Waals surface area contributed by atoms with Crippen LogP contribution in [0.15, 0.2) is 64.5 Å². The Kier molecular flexibility index (Phi) is 5.02. The fraction of sp³-hybridized carbons (Fsp3) is 0.158. The van der Waals surface area contributed by atoms with E-state index in [4.69, 9.17) is 4.52 Å². The van der Waals surface area contributed by atoms with Gasteiger partial charge in [-0.1, -0.05) is 47.6 Å². The van der Waals surface area contributed by atoms with Gasteiger partial charge in [0, 0.05) is 29.3 Å². The molecule has 0 aliphatic carbocycles. The minimum atomic E-state index is -3.51. The van der Waals surface area contributed by atoms with Gasteiger partial charge in [0.2, 0.25) is 10.0 Å². The number of nitrogens with zero attached hydrogens (tertiary/aromatic N) is 2. The minimum absolute atomic E-state index is 0.212. The molecule has 0 aliphatic rings.